The summed E-state index contributed by atoms with van der Waals surface area (Å²) in [6.45, 7) is 2.92. The highest BCUT2D eigenvalue weighted by atomic mass is 16.5. The van der Waals surface area contributed by atoms with Gasteiger partial charge in [0, 0.05) is 25.9 Å². The number of aryl methyl sites for hydroxylation is 1. The zero-order chi connectivity index (χ0) is 11.4. The molecular weight excluding hydrogens is 200 g/mol. The molecule has 1 N–H and O–H groups in total. The average molecular weight is 220 g/mol. The van der Waals surface area contributed by atoms with Crippen LogP contribution in [0.5, 0.6) is 0 Å². The van der Waals surface area contributed by atoms with Crippen LogP contribution in [0, 0.1) is 6.92 Å². The van der Waals surface area contributed by atoms with Crippen LogP contribution in [-0.4, -0.2) is 24.2 Å². The normalized spacial score (nSPS) is 24.9. The molecule has 88 valence electrons. The minimum Gasteiger partial charge on any atom is -0.381 e. The van der Waals surface area contributed by atoms with Gasteiger partial charge in [-0.2, -0.15) is 0 Å². The molecule has 0 aliphatic heterocycles. The van der Waals surface area contributed by atoms with E-state index in [2.05, 4.69) is 29.4 Å². The monoisotopic (exact) mass is 220 g/mol. The van der Waals surface area contributed by atoms with Gasteiger partial charge in [-0.05, 0) is 37.8 Å². The van der Waals surface area contributed by atoms with E-state index >= 15 is 0 Å². The Hall–Kier alpha value is -0.930. The molecule has 1 fully saturated rings. The van der Waals surface area contributed by atoms with Crippen LogP contribution in [0.4, 0.5) is 0 Å². The van der Waals surface area contributed by atoms with E-state index in [9.17, 15) is 0 Å². The minimum absolute atomic E-state index is 0.448. The van der Waals surface area contributed by atoms with E-state index in [0.717, 1.165) is 18.7 Å². The molecule has 2 rings (SSSR count). The maximum atomic E-state index is 5.35. The molecule has 0 amide bonds. The zero-order valence-electron chi connectivity index (χ0n) is 10.1. The summed E-state index contributed by atoms with van der Waals surface area (Å²) in [6, 6.07) is 4.79. The molecule has 0 bridgehead atoms. The molecule has 1 saturated carbocycles. The topological polar surface area (TPSA) is 34.1 Å². The Morgan fingerprint density at radius 1 is 1.44 bits per heavy atom. The second-order valence-electron chi connectivity index (χ2n) is 4.58. The predicted molar refractivity (Wildman–Crippen MR) is 64.2 cm³/mol. The summed E-state index contributed by atoms with van der Waals surface area (Å²) in [5.41, 5.74) is 2.33. The molecule has 2 atom stereocenters. The number of nitrogens with one attached hydrogen (secondary N) is 1. The Morgan fingerprint density at radius 2 is 2.31 bits per heavy atom. The van der Waals surface area contributed by atoms with Crippen molar-refractivity contribution in [3.05, 3.63) is 29.6 Å². The zero-order valence-corrected chi connectivity index (χ0v) is 10.1. The number of nitrogens with zero attached hydrogens (tertiary/aromatic N) is 1. The number of rotatable bonds is 4. The number of hydrogen-bond acceptors (Lipinski definition) is 3. The summed E-state index contributed by atoms with van der Waals surface area (Å²) >= 11 is 0. The summed E-state index contributed by atoms with van der Waals surface area (Å²) in [7, 11) is 1.80. The quantitative estimate of drug-likeness (QED) is 0.843. The van der Waals surface area contributed by atoms with Crippen molar-refractivity contribution in [1.29, 1.82) is 0 Å². The van der Waals surface area contributed by atoms with Gasteiger partial charge in [0.2, 0.25) is 0 Å². The highest BCUT2D eigenvalue weighted by Gasteiger charge is 2.23. The van der Waals surface area contributed by atoms with E-state index in [1.807, 2.05) is 6.20 Å². The molecule has 0 radical (unpaired) electrons. The third kappa shape index (κ3) is 3.03. The number of hydrogen-bond donors (Lipinski definition) is 1. The second-order valence-corrected chi connectivity index (χ2v) is 4.58. The van der Waals surface area contributed by atoms with E-state index in [1.54, 1.807) is 7.11 Å². The van der Waals surface area contributed by atoms with Crippen LogP contribution in [0.3, 0.4) is 0 Å². The van der Waals surface area contributed by atoms with Gasteiger partial charge in [-0.25, -0.2) is 0 Å². The standard InChI is InChI=1S/C13H20N2O/c1-10-3-4-12(14-8-10)9-15-11-5-6-13(7-11)16-2/h3-4,8,11,13,15H,5-7,9H2,1-2H3. The number of methoxy groups -OCH3 is 1. The van der Waals surface area contributed by atoms with Gasteiger partial charge in [-0.15, -0.1) is 0 Å². The molecule has 0 saturated heterocycles. The number of pyridine rings is 1. The van der Waals surface area contributed by atoms with Crippen molar-refractivity contribution in [1.82, 2.24) is 10.3 Å². The van der Waals surface area contributed by atoms with Crippen LogP contribution in [0.25, 0.3) is 0 Å². The van der Waals surface area contributed by atoms with Crippen LogP contribution in [-0.2, 0) is 11.3 Å². The maximum Gasteiger partial charge on any atom is 0.0586 e. The molecule has 16 heavy (non-hydrogen) atoms. The molecule has 1 aliphatic carbocycles. The lowest BCUT2D eigenvalue weighted by Crippen LogP contribution is -2.27. The molecule has 3 nitrogen and oxygen atoms in total. The van der Waals surface area contributed by atoms with Gasteiger partial charge in [0.05, 0.1) is 11.8 Å². The Bertz CT molecular complexity index is 323. The number of ether oxygens (including phenoxy) is 1. The van der Waals surface area contributed by atoms with Crippen LogP contribution in [0.15, 0.2) is 18.3 Å². The first-order chi connectivity index (χ1) is 7.78. The SMILES string of the molecule is COC1CCC(NCc2ccc(C)cn2)C1. The van der Waals surface area contributed by atoms with Crippen molar-refractivity contribution in [3.8, 4) is 0 Å². The Balaban J connectivity index is 1.77. The summed E-state index contributed by atoms with van der Waals surface area (Å²) < 4.78 is 5.35. The Kier molecular flexibility index (Phi) is 3.91. The average Bonchev–Trinajstić information content (AvgIpc) is 2.76. The van der Waals surface area contributed by atoms with Crippen LogP contribution in [0.2, 0.25) is 0 Å². The lowest BCUT2D eigenvalue weighted by molar-refractivity contribution is 0.107. The summed E-state index contributed by atoms with van der Waals surface area (Å²) in [4.78, 5) is 4.38. The highest BCUT2D eigenvalue weighted by Crippen LogP contribution is 2.21. The van der Waals surface area contributed by atoms with Crippen molar-refractivity contribution in [2.24, 2.45) is 0 Å². The van der Waals surface area contributed by atoms with Gasteiger partial charge in [0.15, 0.2) is 0 Å². The molecule has 1 aromatic rings. The van der Waals surface area contributed by atoms with Gasteiger partial charge in [-0.3, -0.25) is 4.98 Å². The van der Waals surface area contributed by atoms with E-state index in [4.69, 9.17) is 4.74 Å². The van der Waals surface area contributed by atoms with Gasteiger partial charge >= 0.3 is 0 Å². The molecule has 3 heteroatoms. The summed E-state index contributed by atoms with van der Waals surface area (Å²) in [5, 5.41) is 3.54. The van der Waals surface area contributed by atoms with Crippen molar-refractivity contribution in [3.63, 3.8) is 0 Å². The third-order valence-corrected chi connectivity index (χ3v) is 3.26. The van der Waals surface area contributed by atoms with Gasteiger partial charge < -0.3 is 10.1 Å². The Labute approximate surface area is 97.2 Å². The van der Waals surface area contributed by atoms with Gasteiger partial charge in [-0.1, -0.05) is 6.07 Å². The Morgan fingerprint density at radius 3 is 2.94 bits per heavy atom. The van der Waals surface area contributed by atoms with Crippen molar-refractivity contribution < 1.29 is 4.74 Å². The molecule has 1 aliphatic rings. The van der Waals surface area contributed by atoms with Crippen molar-refractivity contribution in [2.45, 2.75) is 44.9 Å². The largest absolute Gasteiger partial charge is 0.381 e. The molecular formula is C13H20N2O. The van der Waals surface area contributed by atoms with Crippen molar-refractivity contribution >= 4 is 0 Å². The molecule has 1 aromatic heterocycles. The van der Waals surface area contributed by atoms with E-state index in [1.165, 1.54) is 18.4 Å². The summed E-state index contributed by atoms with van der Waals surface area (Å²) in [5.74, 6) is 0. The maximum absolute atomic E-state index is 5.35. The first-order valence-electron chi connectivity index (χ1n) is 5.95. The predicted octanol–water partition coefficient (Wildman–Crippen LogP) is 2.05. The van der Waals surface area contributed by atoms with Crippen LogP contribution < -0.4 is 5.32 Å². The van der Waals surface area contributed by atoms with Gasteiger partial charge in [0.1, 0.15) is 0 Å². The van der Waals surface area contributed by atoms with E-state index in [0.29, 0.717) is 12.1 Å². The van der Waals surface area contributed by atoms with Crippen LogP contribution >= 0.6 is 0 Å². The van der Waals surface area contributed by atoms with E-state index in [-0.39, 0.29) is 0 Å². The fraction of sp³-hybridized carbons (Fsp3) is 0.615. The summed E-state index contributed by atoms with van der Waals surface area (Å²) in [6.07, 6.45) is 5.88. The fourth-order valence-electron chi connectivity index (χ4n) is 2.19. The first kappa shape index (κ1) is 11.6. The first-order valence-corrected chi connectivity index (χ1v) is 5.95. The molecule has 2 unspecified atom stereocenters. The third-order valence-electron chi connectivity index (χ3n) is 3.26. The lowest BCUT2D eigenvalue weighted by atomic mass is 10.2. The highest BCUT2D eigenvalue weighted by molar-refractivity contribution is 5.12. The molecule has 0 spiro atoms. The smallest absolute Gasteiger partial charge is 0.0586 e. The second kappa shape index (κ2) is 5.41. The van der Waals surface area contributed by atoms with Crippen molar-refractivity contribution in [2.75, 3.05) is 7.11 Å². The van der Waals surface area contributed by atoms with Gasteiger partial charge in [0.25, 0.3) is 0 Å². The van der Waals surface area contributed by atoms with Crippen LogP contribution in [0.1, 0.15) is 30.5 Å². The number of aromatic nitrogens is 1. The fourth-order valence-corrected chi connectivity index (χ4v) is 2.19. The molecule has 0 aromatic carbocycles. The minimum atomic E-state index is 0.448. The molecule has 1 heterocycles. The lowest BCUT2D eigenvalue weighted by Gasteiger charge is -2.12. The van der Waals surface area contributed by atoms with E-state index < -0.39 is 0 Å².